The summed E-state index contributed by atoms with van der Waals surface area (Å²) in [5.41, 5.74) is 1.95. The Bertz CT molecular complexity index is 624. The van der Waals surface area contributed by atoms with Crippen molar-refractivity contribution in [2.45, 2.75) is 25.0 Å². The molecule has 2 aromatic rings. The van der Waals surface area contributed by atoms with E-state index >= 15 is 0 Å². The van der Waals surface area contributed by atoms with E-state index in [0.29, 0.717) is 24.5 Å². The zero-order valence-corrected chi connectivity index (χ0v) is 13.9. The molecule has 0 saturated heterocycles. The number of rotatable bonds is 9. The Kier molecular flexibility index (Phi) is 6.93. The number of thioether (sulfide) groups is 1. The van der Waals surface area contributed by atoms with Crippen molar-refractivity contribution in [3.8, 4) is 0 Å². The smallest absolute Gasteiger partial charge is 0.305 e. The van der Waals surface area contributed by atoms with Crippen molar-refractivity contribution >= 4 is 34.7 Å². The molecule has 0 unspecified atom stereocenters. The normalized spacial score (nSPS) is 10.7. The van der Waals surface area contributed by atoms with Gasteiger partial charge < -0.3 is 15.0 Å². The Balaban J connectivity index is 1.58. The highest BCUT2D eigenvalue weighted by atomic mass is 32.2. The highest BCUT2D eigenvalue weighted by Crippen LogP contribution is 2.14. The van der Waals surface area contributed by atoms with E-state index in [9.17, 15) is 9.59 Å². The number of fused-ring (bicyclic) bond motifs is 1. The van der Waals surface area contributed by atoms with E-state index < -0.39 is 0 Å². The molecule has 6 nitrogen and oxygen atoms in total. The molecule has 2 rings (SSSR count). The number of para-hydroxylation sites is 2. The van der Waals surface area contributed by atoms with Crippen LogP contribution in [0.15, 0.2) is 24.3 Å². The maximum absolute atomic E-state index is 11.7. The highest BCUT2D eigenvalue weighted by Gasteiger charge is 2.05. The van der Waals surface area contributed by atoms with Gasteiger partial charge in [-0.1, -0.05) is 12.1 Å². The lowest BCUT2D eigenvalue weighted by atomic mass is 10.2. The molecule has 0 aliphatic heterocycles. The van der Waals surface area contributed by atoms with E-state index in [1.165, 1.54) is 18.9 Å². The second kappa shape index (κ2) is 9.19. The number of nitrogens with one attached hydrogen (secondary N) is 2. The zero-order valence-electron chi connectivity index (χ0n) is 13.1. The number of H-pyrrole nitrogens is 1. The van der Waals surface area contributed by atoms with E-state index in [-0.39, 0.29) is 11.9 Å². The van der Waals surface area contributed by atoms with Gasteiger partial charge in [0.1, 0.15) is 5.82 Å². The molecule has 1 aromatic heterocycles. The molecule has 7 heteroatoms. The maximum Gasteiger partial charge on any atom is 0.305 e. The predicted molar refractivity (Wildman–Crippen MR) is 91.1 cm³/mol. The lowest BCUT2D eigenvalue weighted by Gasteiger charge is -2.04. The van der Waals surface area contributed by atoms with Crippen LogP contribution >= 0.6 is 11.8 Å². The van der Waals surface area contributed by atoms with Crippen LogP contribution in [-0.2, 0) is 20.1 Å². The van der Waals surface area contributed by atoms with Crippen LogP contribution in [0, 0.1) is 0 Å². The number of imidazole rings is 1. The molecule has 0 aliphatic carbocycles. The van der Waals surface area contributed by atoms with Crippen LogP contribution < -0.4 is 5.32 Å². The Labute approximate surface area is 139 Å². The minimum absolute atomic E-state index is 0.00387. The van der Waals surface area contributed by atoms with Gasteiger partial charge in [-0.25, -0.2) is 4.98 Å². The number of carbonyl (C=O) groups is 2. The number of hydrogen-bond donors (Lipinski definition) is 2. The monoisotopic (exact) mass is 335 g/mol. The fraction of sp³-hybridized carbons (Fsp3) is 0.438. The number of carbonyl (C=O) groups excluding carboxylic acids is 2. The molecule has 0 atom stereocenters. The van der Waals surface area contributed by atoms with E-state index in [4.69, 9.17) is 0 Å². The third-order valence-electron chi connectivity index (χ3n) is 3.27. The van der Waals surface area contributed by atoms with E-state index in [1.807, 2.05) is 24.3 Å². The SMILES string of the molecule is COC(=O)CCCCNC(=O)CSCc1nc2ccccc2[nH]1. The molecule has 0 aliphatic rings. The number of esters is 1. The lowest BCUT2D eigenvalue weighted by molar-refractivity contribution is -0.140. The van der Waals surface area contributed by atoms with Gasteiger partial charge in [0, 0.05) is 13.0 Å². The van der Waals surface area contributed by atoms with Gasteiger partial charge >= 0.3 is 5.97 Å². The third-order valence-corrected chi connectivity index (χ3v) is 4.21. The van der Waals surface area contributed by atoms with Crippen LogP contribution in [-0.4, -0.2) is 41.3 Å². The standard InChI is InChI=1S/C16H21N3O3S/c1-22-16(21)8-4-5-9-17-15(20)11-23-10-14-18-12-6-2-3-7-13(12)19-14/h2-3,6-7H,4-5,8-11H2,1H3,(H,17,20)(H,18,19). The first-order valence-electron chi connectivity index (χ1n) is 7.54. The number of aromatic nitrogens is 2. The van der Waals surface area contributed by atoms with Gasteiger partial charge in [-0.2, -0.15) is 0 Å². The van der Waals surface area contributed by atoms with Crippen molar-refractivity contribution in [1.29, 1.82) is 0 Å². The summed E-state index contributed by atoms with van der Waals surface area (Å²) in [4.78, 5) is 30.3. The van der Waals surface area contributed by atoms with Crippen molar-refractivity contribution in [1.82, 2.24) is 15.3 Å². The summed E-state index contributed by atoms with van der Waals surface area (Å²) < 4.78 is 4.56. The number of nitrogens with zero attached hydrogens (tertiary/aromatic N) is 1. The fourth-order valence-corrected chi connectivity index (χ4v) is 2.81. The molecule has 0 fully saturated rings. The van der Waals surface area contributed by atoms with E-state index in [2.05, 4.69) is 20.0 Å². The van der Waals surface area contributed by atoms with Gasteiger partial charge in [0.15, 0.2) is 0 Å². The average molecular weight is 335 g/mol. The average Bonchev–Trinajstić information content (AvgIpc) is 2.97. The van der Waals surface area contributed by atoms with Gasteiger partial charge in [-0.05, 0) is 25.0 Å². The molecule has 0 radical (unpaired) electrons. The Morgan fingerprint density at radius 1 is 1.30 bits per heavy atom. The van der Waals surface area contributed by atoms with E-state index in [0.717, 1.165) is 29.7 Å². The lowest BCUT2D eigenvalue weighted by Crippen LogP contribution is -2.26. The van der Waals surface area contributed by atoms with Crippen molar-refractivity contribution < 1.29 is 14.3 Å². The van der Waals surface area contributed by atoms with Crippen molar-refractivity contribution in [2.24, 2.45) is 0 Å². The molecule has 1 heterocycles. The Morgan fingerprint density at radius 3 is 2.91 bits per heavy atom. The first kappa shape index (κ1) is 17.3. The quantitative estimate of drug-likeness (QED) is 0.542. The summed E-state index contributed by atoms with van der Waals surface area (Å²) in [6, 6.07) is 7.86. The van der Waals surface area contributed by atoms with Gasteiger partial charge in [-0.3, -0.25) is 9.59 Å². The number of ether oxygens (including phenoxy) is 1. The van der Waals surface area contributed by atoms with Crippen molar-refractivity contribution in [2.75, 3.05) is 19.4 Å². The Hall–Kier alpha value is -2.02. The maximum atomic E-state index is 11.7. The molecule has 0 saturated carbocycles. The summed E-state index contributed by atoms with van der Waals surface area (Å²) in [6.07, 6.45) is 1.89. The van der Waals surface area contributed by atoms with Gasteiger partial charge in [0.25, 0.3) is 0 Å². The second-order valence-electron chi connectivity index (χ2n) is 5.08. The van der Waals surface area contributed by atoms with Crippen LogP contribution in [0.3, 0.4) is 0 Å². The first-order valence-corrected chi connectivity index (χ1v) is 8.69. The molecular weight excluding hydrogens is 314 g/mol. The largest absolute Gasteiger partial charge is 0.469 e. The van der Waals surface area contributed by atoms with Gasteiger partial charge in [0.05, 0.1) is 29.6 Å². The minimum Gasteiger partial charge on any atom is -0.469 e. The molecule has 23 heavy (non-hydrogen) atoms. The summed E-state index contributed by atoms with van der Waals surface area (Å²) in [6.45, 7) is 0.584. The molecule has 2 N–H and O–H groups in total. The number of unbranched alkanes of at least 4 members (excludes halogenated alkanes) is 1. The number of hydrogen-bond acceptors (Lipinski definition) is 5. The molecule has 1 amide bonds. The summed E-state index contributed by atoms with van der Waals surface area (Å²) in [7, 11) is 1.38. The van der Waals surface area contributed by atoms with E-state index in [1.54, 1.807) is 0 Å². The zero-order chi connectivity index (χ0) is 16.5. The van der Waals surface area contributed by atoms with Crippen LogP contribution in [0.25, 0.3) is 11.0 Å². The molecule has 0 bridgehead atoms. The van der Waals surface area contributed by atoms with Crippen LogP contribution in [0.2, 0.25) is 0 Å². The van der Waals surface area contributed by atoms with Crippen LogP contribution in [0.5, 0.6) is 0 Å². The molecule has 1 aromatic carbocycles. The summed E-state index contributed by atoms with van der Waals surface area (Å²) in [5, 5.41) is 2.84. The minimum atomic E-state index is -0.210. The Morgan fingerprint density at radius 2 is 2.13 bits per heavy atom. The summed E-state index contributed by atoms with van der Waals surface area (Å²) >= 11 is 1.52. The van der Waals surface area contributed by atoms with Gasteiger partial charge in [-0.15, -0.1) is 11.8 Å². The molecule has 0 spiro atoms. The predicted octanol–water partition coefficient (Wildman–Crippen LogP) is 2.26. The first-order chi connectivity index (χ1) is 11.2. The topological polar surface area (TPSA) is 84.1 Å². The number of amides is 1. The van der Waals surface area contributed by atoms with Crippen molar-refractivity contribution in [3.05, 3.63) is 30.1 Å². The fourth-order valence-electron chi connectivity index (χ4n) is 2.09. The third kappa shape index (κ3) is 5.94. The number of benzene rings is 1. The molecule has 124 valence electrons. The highest BCUT2D eigenvalue weighted by molar-refractivity contribution is 7.99. The summed E-state index contributed by atoms with van der Waals surface area (Å²) in [5.74, 6) is 1.74. The second-order valence-corrected chi connectivity index (χ2v) is 6.06. The van der Waals surface area contributed by atoms with Crippen LogP contribution in [0.4, 0.5) is 0 Å². The molecular formula is C16H21N3O3S. The van der Waals surface area contributed by atoms with Crippen LogP contribution in [0.1, 0.15) is 25.1 Å². The number of methoxy groups -OCH3 is 1. The van der Waals surface area contributed by atoms with Crippen molar-refractivity contribution in [3.63, 3.8) is 0 Å². The number of aromatic amines is 1. The van der Waals surface area contributed by atoms with Gasteiger partial charge in [0.2, 0.25) is 5.91 Å².